The summed E-state index contributed by atoms with van der Waals surface area (Å²) < 4.78 is 0. The lowest BCUT2D eigenvalue weighted by Crippen LogP contribution is -2.34. The highest BCUT2D eigenvalue weighted by atomic mass is 35.5. The van der Waals surface area contributed by atoms with Crippen molar-refractivity contribution in [1.29, 1.82) is 0 Å². The van der Waals surface area contributed by atoms with Crippen molar-refractivity contribution in [2.45, 2.75) is 18.9 Å². The Bertz CT molecular complexity index is 461. The summed E-state index contributed by atoms with van der Waals surface area (Å²) in [5.41, 5.74) is 0.727. The number of hydrogen-bond donors (Lipinski definition) is 2. The summed E-state index contributed by atoms with van der Waals surface area (Å²) in [7, 11) is 0. The number of carboxylic acids is 1. The molecule has 96 valence electrons. The molecule has 0 aromatic heterocycles. The number of aliphatic carboxylic acids is 1. The number of amides is 2. The van der Waals surface area contributed by atoms with Gasteiger partial charge in [-0.3, -0.25) is 9.69 Å². The van der Waals surface area contributed by atoms with Crippen molar-refractivity contribution in [3.63, 3.8) is 0 Å². The molecule has 1 aromatic carbocycles. The van der Waals surface area contributed by atoms with E-state index in [1.807, 2.05) is 0 Å². The summed E-state index contributed by atoms with van der Waals surface area (Å²) in [6, 6.07) is 6.58. The SMILES string of the molecule is O=C(O)CCC1CNC(=O)N1c1ccc(Cl)cc1. The molecule has 1 saturated heterocycles. The summed E-state index contributed by atoms with van der Waals surface area (Å²) in [5, 5.41) is 12.0. The summed E-state index contributed by atoms with van der Waals surface area (Å²) in [6.07, 6.45) is 0.473. The van der Waals surface area contributed by atoms with E-state index in [2.05, 4.69) is 5.32 Å². The van der Waals surface area contributed by atoms with Gasteiger partial charge in [0, 0.05) is 23.7 Å². The van der Waals surface area contributed by atoms with E-state index in [0.29, 0.717) is 18.0 Å². The minimum Gasteiger partial charge on any atom is -0.481 e. The number of urea groups is 1. The van der Waals surface area contributed by atoms with E-state index in [0.717, 1.165) is 5.69 Å². The number of rotatable bonds is 4. The van der Waals surface area contributed by atoms with Crippen LogP contribution in [-0.4, -0.2) is 29.7 Å². The first kappa shape index (κ1) is 12.7. The van der Waals surface area contributed by atoms with Crippen LogP contribution in [0.2, 0.25) is 5.02 Å². The van der Waals surface area contributed by atoms with Crippen LogP contribution in [0.5, 0.6) is 0 Å². The third-order valence-electron chi connectivity index (χ3n) is 2.87. The minimum atomic E-state index is -0.856. The first-order valence-corrected chi connectivity index (χ1v) is 6.00. The topological polar surface area (TPSA) is 69.6 Å². The Morgan fingerprint density at radius 3 is 2.72 bits per heavy atom. The molecule has 0 spiro atoms. The van der Waals surface area contributed by atoms with Gasteiger partial charge in [-0.1, -0.05) is 11.6 Å². The van der Waals surface area contributed by atoms with Crippen molar-refractivity contribution >= 4 is 29.3 Å². The van der Waals surface area contributed by atoms with Crippen LogP contribution < -0.4 is 10.2 Å². The molecule has 1 aromatic rings. The summed E-state index contributed by atoms with van der Waals surface area (Å²) in [6.45, 7) is 0.467. The van der Waals surface area contributed by atoms with Crippen LogP contribution in [0.15, 0.2) is 24.3 Å². The van der Waals surface area contributed by atoms with Crippen LogP contribution in [0.1, 0.15) is 12.8 Å². The average Bonchev–Trinajstić information content (AvgIpc) is 2.69. The number of benzene rings is 1. The molecule has 0 radical (unpaired) electrons. The predicted octanol–water partition coefficient (Wildman–Crippen LogP) is 2.10. The Balaban J connectivity index is 2.14. The molecule has 1 atom stereocenters. The molecule has 2 amide bonds. The van der Waals surface area contributed by atoms with E-state index in [4.69, 9.17) is 16.7 Å². The van der Waals surface area contributed by atoms with Gasteiger partial charge in [-0.05, 0) is 30.7 Å². The zero-order valence-electron chi connectivity index (χ0n) is 9.60. The van der Waals surface area contributed by atoms with Crippen molar-refractivity contribution in [3.05, 3.63) is 29.3 Å². The monoisotopic (exact) mass is 268 g/mol. The number of nitrogens with zero attached hydrogens (tertiary/aromatic N) is 1. The largest absolute Gasteiger partial charge is 0.481 e. The number of carbonyl (C=O) groups is 2. The maximum atomic E-state index is 11.7. The molecule has 1 unspecified atom stereocenters. The molecule has 1 fully saturated rings. The fourth-order valence-electron chi connectivity index (χ4n) is 2.00. The van der Waals surface area contributed by atoms with Gasteiger partial charge in [-0.2, -0.15) is 0 Å². The number of halogens is 1. The van der Waals surface area contributed by atoms with Crippen LogP contribution >= 0.6 is 11.6 Å². The lowest BCUT2D eigenvalue weighted by Gasteiger charge is -2.22. The Morgan fingerprint density at radius 1 is 1.44 bits per heavy atom. The number of carboxylic acid groups (broad SMARTS) is 1. The van der Waals surface area contributed by atoms with Crippen LogP contribution in [-0.2, 0) is 4.79 Å². The fourth-order valence-corrected chi connectivity index (χ4v) is 2.12. The minimum absolute atomic E-state index is 0.0454. The Kier molecular flexibility index (Phi) is 3.72. The second kappa shape index (κ2) is 5.27. The van der Waals surface area contributed by atoms with Gasteiger partial charge in [0.1, 0.15) is 0 Å². The zero-order chi connectivity index (χ0) is 13.1. The fraction of sp³-hybridized carbons (Fsp3) is 0.333. The average molecular weight is 269 g/mol. The molecular formula is C12H13ClN2O3. The summed E-state index contributed by atoms with van der Waals surface area (Å²) in [5.74, 6) is -0.856. The molecule has 2 rings (SSSR count). The van der Waals surface area contributed by atoms with Crippen LogP contribution in [0.3, 0.4) is 0 Å². The van der Waals surface area contributed by atoms with Gasteiger partial charge in [-0.15, -0.1) is 0 Å². The third kappa shape index (κ3) is 2.73. The number of hydrogen-bond acceptors (Lipinski definition) is 2. The maximum Gasteiger partial charge on any atom is 0.322 e. The Morgan fingerprint density at radius 2 is 2.11 bits per heavy atom. The molecule has 1 heterocycles. The van der Waals surface area contributed by atoms with E-state index in [1.54, 1.807) is 29.2 Å². The lowest BCUT2D eigenvalue weighted by atomic mass is 10.1. The molecule has 18 heavy (non-hydrogen) atoms. The highest BCUT2D eigenvalue weighted by Crippen LogP contribution is 2.24. The predicted molar refractivity (Wildman–Crippen MR) is 68.0 cm³/mol. The smallest absolute Gasteiger partial charge is 0.322 e. The van der Waals surface area contributed by atoms with Crippen molar-refractivity contribution in [2.75, 3.05) is 11.4 Å². The lowest BCUT2D eigenvalue weighted by molar-refractivity contribution is -0.137. The quantitative estimate of drug-likeness (QED) is 0.879. The van der Waals surface area contributed by atoms with Gasteiger partial charge in [0.2, 0.25) is 0 Å². The van der Waals surface area contributed by atoms with Crippen LogP contribution in [0.25, 0.3) is 0 Å². The first-order valence-electron chi connectivity index (χ1n) is 5.62. The zero-order valence-corrected chi connectivity index (χ0v) is 10.4. The third-order valence-corrected chi connectivity index (χ3v) is 3.12. The first-order chi connectivity index (χ1) is 8.58. The second-order valence-corrected chi connectivity index (χ2v) is 4.56. The summed E-state index contributed by atoms with van der Waals surface area (Å²) >= 11 is 5.80. The highest BCUT2D eigenvalue weighted by molar-refractivity contribution is 6.30. The van der Waals surface area contributed by atoms with Crippen LogP contribution in [0.4, 0.5) is 10.5 Å². The van der Waals surface area contributed by atoms with E-state index in [1.165, 1.54) is 0 Å². The molecule has 0 aliphatic carbocycles. The van der Waals surface area contributed by atoms with Crippen molar-refractivity contribution in [2.24, 2.45) is 0 Å². The second-order valence-electron chi connectivity index (χ2n) is 4.12. The highest BCUT2D eigenvalue weighted by Gasteiger charge is 2.31. The van der Waals surface area contributed by atoms with E-state index < -0.39 is 5.97 Å². The van der Waals surface area contributed by atoms with E-state index >= 15 is 0 Å². The van der Waals surface area contributed by atoms with Crippen molar-refractivity contribution < 1.29 is 14.7 Å². The number of carbonyl (C=O) groups excluding carboxylic acids is 1. The van der Waals surface area contributed by atoms with Gasteiger partial charge in [-0.25, -0.2) is 4.79 Å². The van der Waals surface area contributed by atoms with Crippen molar-refractivity contribution in [3.8, 4) is 0 Å². The molecule has 0 saturated carbocycles. The van der Waals surface area contributed by atoms with Gasteiger partial charge < -0.3 is 10.4 Å². The maximum absolute atomic E-state index is 11.7. The molecule has 1 aliphatic rings. The van der Waals surface area contributed by atoms with Gasteiger partial charge in [0.15, 0.2) is 0 Å². The van der Waals surface area contributed by atoms with Gasteiger partial charge >= 0.3 is 12.0 Å². The van der Waals surface area contributed by atoms with E-state index in [9.17, 15) is 9.59 Å². The standard InChI is InChI=1S/C12H13ClN2O3/c13-8-1-3-9(4-2-8)15-10(5-6-11(16)17)7-14-12(15)18/h1-4,10H,5-7H2,(H,14,18)(H,16,17). The van der Waals surface area contributed by atoms with Gasteiger partial charge in [0.05, 0.1) is 6.04 Å². The number of nitrogens with one attached hydrogen (secondary N) is 1. The summed E-state index contributed by atoms with van der Waals surface area (Å²) in [4.78, 5) is 23.9. The van der Waals surface area contributed by atoms with Crippen LogP contribution in [0, 0.1) is 0 Å². The molecule has 0 bridgehead atoms. The Hall–Kier alpha value is -1.75. The molecule has 5 nitrogen and oxygen atoms in total. The normalized spacial score (nSPS) is 18.8. The molecular weight excluding hydrogens is 256 g/mol. The Labute approximate surface area is 109 Å². The number of anilines is 1. The van der Waals surface area contributed by atoms with E-state index in [-0.39, 0.29) is 18.5 Å². The molecule has 2 N–H and O–H groups in total. The molecule has 1 aliphatic heterocycles. The van der Waals surface area contributed by atoms with Gasteiger partial charge in [0.25, 0.3) is 0 Å². The molecule has 6 heteroatoms. The van der Waals surface area contributed by atoms with Crippen molar-refractivity contribution in [1.82, 2.24) is 5.32 Å².